The lowest BCUT2D eigenvalue weighted by atomic mass is 9.94. The van der Waals surface area contributed by atoms with Crippen LogP contribution in [0.2, 0.25) is 0 Å². The van der Waals surface area contributed by atoms with Crippen molar-refractivity contribution in [2.75, 3.05) is 24.6 Å². The average molecular weight is 261 g/mol. The molecule has 4 N–H and O–H groups in total. The van der Waals surface area contributed by atoms with Crippen LogP contribution in [0.15, 0.2) is 18.2 Å². The highest BCUT2D eigenvalue weighted by atomic mass is 16.3. The number of aryl methyl sites for hydroxylation is 1. The van der Waals surface area contributed by atoms with Gasteiger partial charge in [0.2, 0.25) is 0 Å². The van der Waals surface area contributed by atoms with Crippen molar-refractivity contribution >= 4 is 11.5 Å². The predicted molar refractivity (Wildman–Crippen MR) is 78.8 cm³/mol. The number of aliphatic hydroxyl groups excluding tert-OH is 1. The van der Waals surface area contributed by atoms with Crippen molar-refractivity contribution in [1.82, 2.24) is 0 Å². The summed E-state index contributed by atoms with van der Waals surface area (Å²) in [6.45, 7) is 4.27. The fourth-order valence-electron chi connectivity index (χ4n) is 2.83. The highest BCUT2D eigenvalue weighted by Gasteiger charge is 2.22. The van der Waals surface area contributed by atoms with E-state index >= 15 is 0 Å². The first-order valence-corrected chi connectivity index (χ1v) is 6.92. The third-order valence-corrected chi connectivity index (χ3v) is 3.84. The number of nitrogens with zero attached hydrogens (tertiary/aromatic N) is 1. The van der Waals surface area contributed by atoms with Crippen LogP contribution in [0.25, 0.3) is 0 Å². The van der Waals surface area contributed by atoms with Gasteiger partial charge in [-0.15, -0.1) is 0 Å². The van der Waals surface area contributed by atoms with E-state index in [1.807, 2.05) is 12.1 Å². The second kappa shape index (κ2) is 6.06. The monoisotopic (exact) mass is 261 g/mol. The number of nitrogens with two attached hydrogens (primary N) is 1. The lowest BCUT2D eigenvalue weighted by molar-refractivity contribution is 0.244. The fourth-order valence-corrected chi connectivity index (χ4v) is 2.83. The van der Waals surface area contributed by atoms with Gasteiger partial charge < -0.3 is 15.7 Å². The third-order valence-electron chi connectivity index (χ3n) is 3.84. The molecule has 0 amide bonds. The Hall–Kier alpha value is -1.55. The van der Waals surface area contributed by atoms with Crippen LogP contribution in [0.5, 0.6) is 0 Å². The minimum absolute atomic E-state index is 0.124. The van der Waals surface area contributed by atoms with Crippen LogP contribution in [-0.2, 0) is 0 Å². The number of anilines is 1. The Balaban J connectivity index is 2.24. The summed E-state index contributed by atoms with van der Waals surface area (Å²) in [7, 11) is 0. The minimum Gasteiger partial charge on any atom is -0.396 e. The zero-order valence-electron chi connectivity index (χ0n) is 11.5. The topological polar surface area (TPSA) is 73.3 Å². The molecule has 0 radical (unpaired) electrons. The summed E-state index contributed by atoms with van der Waals surface area (Å²) in [5, 5.41) is 16.8. The molecule has 0 spiro atoms. The Labute approximate surface area is 114 Å². The summed E-state index contributed by atoms with van der Waals surface area (Å²) >= 11 is 0. The van der Waals surface area contributed by atoms with Gasteiger partial charge in [0, 0.05) is 30.9 Å². The van der Waals surface area contributed by atoms with Gasteiger partial charge in [0.1, 0.15) is 5.84 Å². The molecule has 0 saturated carbocycles. The number of amidine groups is 1. The maximum atomic E-state index is 9.09. The lowest BCUT2D eigenvalue weighted by Crippen LogP contribution is -2.37. The van der Waals surface area contributed by atoms with E-state index in [0.29, 0.717) is 5.92 Å². The Morgan fingerprint density at radius 2 is 2.32 bits per heavy atom. The van der Waals surface area contributed by atoms with Crippen LogP contribution in [-0.4, -0.2) is 30.6 Å². The smallest absolute Gasteiger partial charge is 0.124 e. The molecule has 1 heterocycles. The summed E-state index contributed by atoms with van der Waals surface area (Å²) in [4.78, 5) is 2.31. The van der Waals surface area contributed by atoms with Crippen LogP contribution < -0.4 is 10.6 Å². The van der Waals surface area contributed by atoms with Gasteiger partial charge in [0.15, 0.2) is 0 Å². The van der Waals surface area contributed by atoms with Crippen LogP contribution in [0.4, 0.5) is 5.69 Å². The second-order valence-electron chi connectivity index (χ2n) is 5.40. The highest BCUT2D eigenvalue weighted by molar-refractivity contribution is 6.00. The minimum atomic E-state index is 0.124. The molecule has 1 aliphatic heterocycles. The molecule has 2 rings (SSSR count). The molecule has 0 aliphatic carbocycles. The summed E-state index contributed by atoms with van der Waals surface area (Å²) in [5.41, 5.74) is 8.75. The van der Waals surface area contributed by atoms with Crippen molar-refractivity contribution in [3.05, 3.63) is 29.3 Å². The zero-order chi connectivity index (χ0) is 13.8. The molecule has 1 aromatic rings. The molecule has 19 heavy (non-hydrogen) atoms. The molecule has 1 aliphatic rings. The van der Waals surface area contributed by atoms with E-state index in [1.165, 1.54) is 12.0 Å². The van der Waals surface area contributed by atoms with E-state index < -0.39 is 0 Å². The van der Waals surface area contributed by atoms with Gasteiger partial charge in [-0.3, -0.25) is 5.41 Å². The first kappa shape index (κ1) is 13.9. The van der Waals surface area contributed by atoms with Crippen LogP contribution in [0, 0.1) is 18.3 Å². The number of benzene rings is 1. The van der Waals surface area contributed by atoms with E-state index in [9.17, 15) is 0 Å². The molecule has 1 unspecified atom stereocenters. The van der Waals surface area contributed by atoms with Crippen molar-refractivity contribution in [3.63, 3.8) is 0 Å². The van der Waals surface area contributed by atoms with E-state index in [-0.39, 0.29) is 12.4 Å². The molecule has 1 saturated heterocycles. The van der Waals surface area contributed by atoms with Crippen LogP contribution >= 0.6 is 0 Å². The SMILES string of the molecule is Cc1ccc(C(=N)N)c(N2CCCC(CCO)C2)c1. The summed E-state index contributed by atoms with van der Waals surface area (Å²) < 4.78 is 0. The van der Waals surface area contributed by atoms with Gasteiger partial charge in [-0.05, 0) is 49.8 Å². The van der Waals surface area contributed by atoms with Gasteiger partial charge in [0.25, 0.3) is 0 Å². The van der Waals surface area contributed by atoms with Crippen molar-refractivity contribution in [1.29, 1.82) is 5.41 Å². The van der Waals surface area contributed by atoms with Crippen LogP contribution in [0.1, 0.15) is 30.4 Å². The molecule has 1 fully saturated rings. The maximum Gasteiger partial charge on any atom is 0.124 e. The Kier molecular flexibility index (Phi) is 4.43. The quantitative estimate of drug-likeness (QED) is 0.572. The highest BCUT2D eigenvalue weighted by Crippen LogP contribution is 2.28. The maximum absolute atomic E-state index is 9.09. The number of aliphatic hydroxyl groups is 1. The van der Waals surface area contributed by atoms with E-state index in [1.54, 1.807) is 0 Å². The molecule has 4 heteroatoms. The molecule has 1 aromatic carbocycles. The van der Waals surface area contributed by atoms with E-state index in [2.05, 4.69) is 17.9 Å². The van der Waals surface area contributed by atoms with Gasteiger partial charge in [-0.2, -0.15) is 0 Å². The number of nitrogens with one attached hydrogen (secondary N) is 1. The fraction of sp³-hybridized carbons (Fsp3) is 0.533. The van der Waals surface area contributed by atoms with Gasteiger partial charge >= 0.3 is 0 Å². The van der Waals surface area contributed by atoms with Crippen molar-refractivity contribution in [2.45, 2.75) is 26.2 Å². The Morgan fingerprint density at radius 1 is 1.53 bits per heavy atom. The Bertz CT molecular complexity index is 457. The summed E-state index contributed by atoms with van der Waals surface area (Å²) in [6.07, 6.45) is 3.17. The predicted octanol–water partition coefficient (Wildman–Crippen LogP) is 1.88. The molecule has 1 atom stereocenters. The number of rotatable bonds is 4. The van der Waals surface area contributed by atoms with Gasteiger partial charge in [0.05, 0.1) is 0 Å². The standard InChI is InChI=1S/C15H23N3O/c1-11-4-5-13(15(16)17)14(9-11)18-7-2-3-12(10-18)6-8-19/h4-5,9,12,19H,2-3,6-8,10H2,1H3,(H3,16,17). The molecular formula is C15H23N3O. The largest absolute Gasteiger partial charge is 0.396 e. The number of hydrogen-bond donors (Lipinski definition) is 3. The molecular weight excluding hydrogens is 238 g/mol. The number of nitrogen functional groups attached to an aromatic ring is 1. The van der Waals surface area contributed by atoms with Gasteiger partial charge in [-0.1, -0.05) is 6.07 Å². The third kappa shape index (κ3) is 3.26. The normalized spacial score (nSPS) is 19.5. The van der Waals surface area contributed by atoms with E-state index in [4.69, 9.17) is 16.2 Å². The van der Waals surface area contributed by atoms with Crippen LogP contribution in [0.3, 0.4) is 0 Å². The Morgan fingerprint density at radius 3 is 3.00 bits per heavy atom. The summed E-state index contributed by atoms with van der Waals surface area (Å²) in [6, 6.07) is 6.04. The molecule has 4 nitrogen and oxygen atoms in total. The first-order chi connectivity index (χ1) is 9.11. The summed E-state index contributed by atoms with van der Waals surface area (Å²) in [5.74, 6) is 0.665. The molecule has 104 valence electrons. The van der Waals surface area contributed by atoms with E-state index in [0.717, 1.165) is 37.2 Å². The number of piperidine rings is 1. The van der Waals surface area contributed by atoms with Crippen molar-refractivity contribution in [2.24, 2.45) is 11.7 Å². The molecule has 0 aromatic heterocycles. The lowest BCUT2D eigenvalue weighted by Gasteiger charge is -2.35. The second-order valence-corrected chi connectivity index (χ2v) is 5.40. The van der Waals surface area contributed by atoms with Crippen molar-refractivity contribution < 1.29 is 5.11 Å². The van der Waals surface area contributed by atoms with Gasteiger partial charge in [-0.25, -0.2) is 0 Å². The zero-order valence-corrected chi connectivity index (χ0v) is 11.5. The first-order valence-electron chi connectivity index (χ1n) is 6.92. The van der Waals surface area contributed by atoms with Crippen molar-refractivity contribution in [3.8, 4) is 0 Å². The molecule has 0 bridgehead atoms. The number of hydrogen-bond acceptors (Lipinski definition) is 3. The average Bonchev–Trinajstić information content (AvgIpc) is 2.39.